The molecular formula is C21H20N4O6. The summed E-state index contributed by atoms with van der Waals surface area (Å²) in [6.07, 6.45) is 1.81. The lowest BCUT2D eigenvalue weighted by Crippen LogP contribution is -2.32. The highest BCUT2D eigenvalue weighted by Gasteiger charge is 2.21. The molecule has 0 spiro atoms. The molecule has 31 heavy (non-hydrogen) atoms. The van der Waals surface area contributed by atoms with Crippen LogP contribution in [0.15, 0.2) is 48.7 Å². The van der Waals surface area contributed by atoms with Gasteiger partial charge in [0, 0.05) is 54.5 Å². The van der Waals surface area contributed by atoms with Crippen molar-refractivity contribution in [3.63, 3.8) is 0 Å². The zero-order chi connectivity index (χ0) is 22.4. The van der Waals surface area contributed by atoms with Crippen molar-refractivity contribution in [3.8, 4) is 5.75 Å². The first-order valence-corrected chi connectivity index (χ1v) is 9.43. The lowest BCUT2D eigenvalue weighted by molar-refractivity contribution is -0.384. The second kappa shape index (κ2) is 9.53. The average Bonchev–Trinajstić information content (AvgIpc) is 3.15. The SMILES string of the molecule is CC(=O)Nc1cccc(OCCCNC(=O)C(=O)c2c[nH]c3ccc([N+](=O)[O-])cc23)c1. The van der Waals surface area contributed by atoms with Crippen LogP contribution >= 0.6 is 0 Å². The summed E-state index contributed by atoms with van der Waals surface area (Å²) in [5, 5.41) is 16.4. The molecule has 3 N–H and O–H groups in total. The number of nitro benzene ring substituents is 1. The van der Waals surface area contributed by atoms with Gasteiger partial charge in [-0.2, -0.15) is 0 Å². The molecule has 0 aliphatic heterocycles. The number of fused-ring (bicyclic) bond motifs is 1. The zero-order valence-electron chi connectivity index (χ0n) is 16.6. The van der Waals surface area contributed by atoms with Gasteiger partial charge in [0.05, 0.1) is 17.1 Å². The van der Waals surface area contributed by atoms with E-state index in [2.05, 4.69) is 15.6 Å². The third kappa shape index (κ3) is 5.44. The van der Waals surface area contributed by atoms with Crippen molar-refractivity contribution in [2.75, 3.05) is 18.5 Å². The van der Waals surface area contributed by atoms with Gasteiger partial charge < -0.3 is 20.4 Å². The molecule has 0 radical (unpaired) electrons. The Hall–Kier alpha value is -4.21. The minimum Gasteiger partial charge on any atom is -0.493 e. The molecule has 0 saturated carbocycles. The second-order valence-corrected chi connectivity index (χ2v) is 6.69. The standard InChI is InChI=1S/C21H20N4O6/c1-13(26)24-14-4-2-5-16(10-14)31-9-3-8-22-21(28)20(27)18-12-23-19-7-6-15(25(29)30)11-17(18)19/h2,4-7,10-12,23H,3,8-9H2,1H3,(H,22,28)(H,24,26). The number of aromatic amines is 1. The molecule has 0 aliphatic carbocycles. The third-order valence-corrected chi connectivity index (χ3v) is 4.36. The number of carbonyl (C=O) groups excluding carboxylic acids is 3. The van der Waals surface area contributed by atoms with E-state index in [1.165, 1.54) is 31.3 Å². The first-order valence-electron chi connectivity index (χ1n) is 9.43. The van der Waals surface area contributed by atoms with Gasteiger partial charge in [-0.3, -0.25) is 24.5 Å². The van der Waals surface area contributed by atoms with Crippen LogP contribution in [-0.2, 0) is 9.59 Å². The van der Waals surface area contributed by atoms with Gasteiger partial charge in [0.25, 0.3) is 17.4 Å². The molecule has 0 fully saturated rings. The van der Waals surface area contributed by atoms with E-state index in [4.69, 9.17) is 4.74 Å². The van der Waals surface area contributed by atoms with Crippen LogP contribution in [0.25, 0.3) is 10.9 Å². The molecule has 0 unspecified atom stereocenters. The van der Waals surface area contributed by atoms with E-state index >= 15 is 0 Å². The van der Waals surface area contributed by atoms with Crippen LogP contribution in [0, 0.1) is 10.1 Å². The van der Waals surface area contributed by atoms with E-state index < -0.39 is 16.6 Å². The molecule has 1 aromatic heterocycles. The number of hydrogen-bond donors (Lipinski definition) is 3. The summed E-state index contributed by atoms with van der Waals surface area (Å²) in [7, 11) is 0. The summed E-state index contributed by atoms with van der Waals surface area (Å²) in [4.78, 5) is 49.0. The molecule has 0 aliphatic rings. The molecule has 3 rings (SSSR count). The second-order valence-electron chi connectivity index (χ2n) is 6.69. The lowest BCUT2D eigenvalue weighted by Gasteiger charge is -2.09. The highest BCUT2D eigenvalue weighted by atomic mass is 16.6. The minimum absolute atomic E-state index is 0.0715. The maximum atomic E-state index is 12.4. The summed E-state index contributed by atoms with van der Waals surface area (Å²) in [5.74, 6) is -1.21. The fourth-order valence-corrected chi connectivity index (χ4v) is 2.94. The summed E-state index contributed by atoms with van der Waals surface area (Å²) >= 11 is 0. The minimum atomic E-state index is -0.805. The van der Waals surface area contributed by atoms with Crippen molar-refractivity contribution in [2.45, 2.75) is 13.3 Å². The van der Waals surface area contributed by atoms with Gasteiger partial charge in [-0.15, -0.1) is 0 Å². The summed E-state index contributed by atoms with van der Waals surface area (Å²) in [5.41, 5.74) is 1.04. The maximum Gasteiger partial charge on any atom is 0.292 e. The van der Waals surface area contributed by atoms with E-state index in [0.29, 0.717) is 28.8 Å². The zero-order valence-corrected chi connectivity index (χ0v) is 16.6. The largest absolute Gasteiger partial charge is 0.493 e. The fraction of sp³-hybridized carbons (Fsp3) is 0.190. The molecule has 1 heterocycles. The molecule has 160 valence electrons. The Morgan fingerprint density at radius 1 is 1.16 bits per heavy atom. The molecule has 3 aromatic rings. The maximum absolute atomic E-state index is 12.4. The number of aromatic nitrogens is 1. The summed E-state index contributed by atoms with van der Waals surface area (Å²) in [6.45, 7) is 1.91. The Bertz CT molecular complexity index is 1150. The molecular weight excluding hydrogens is 404 g/mol. The molecule has 0 atom stereocenters. The Morgan fingerprint density at radius 2 is 1.97 bits per heavy atom. The van der Waals surface area contributed by atoms with Crippen LogP contribution < -0.4 is 15.4 Å². The van der Waals surface area contributed by atoms with Crippen LogP contribution in [0.4, 0.5) is 11.4 Å². The van der Waals surface area contributed by atoms with Gasteiger partial charge in [-0.05, 0) is 24.6 Å². The van der Waals surface area contributed by atoms with E-state index in [-0.39, 0.29) is 30.3 Å². The van der Waals surface area contributed by atoms with Gasteiger partial charge in [-0.25, -0.2) is 0 Å². The predicted molar refractivity (Wildman–Crippen MR) is 113 cm³/mol. The molecule has 0 bridgehead atoms. The Labute approximate surface area is 176 Å². The number of nitrogens with one attached hydrogen (secondary N) is 3. The van der Waals surface area contributed by atoms with Crippen molar-refractivity contribution < 1.29 is 24.0 Å². The highest BCUT2D eigenvalue weighted by Crippen LogP contribution is 2.24. The van der Waals surface area contributed by atoms with Crippen LogP contribution in [0.2, 0.25) is 0 Å². The van der Waals surface area contributed by atoms with Crippen LogP contribution in [0.1, 0.15) is 23.7 Å². The topological polar surface area (TPSA) is 143 Å². The van der Waals surface area contributed by atoms with Crippen molar-refractivity contribution in [2.24, 2.45) is 0 Å². The number of non-ortho nitro benzene ring substituents is 1. The first-order chi connectivity index (χ1) is 14.8. The number of ketones is 1. The van der Waals surface area contributed by atoms with Gasteiger partial charge in [-0.1, -0.05) is 6.07 Å². The predicted octanol–water partition coefficient (Wildman–Crippen LogP) is 2.80. The van der Waals surface area contributed by atoms with E-state index in [9.17, 15) is 24.5 Å². The van der Waals surface area contributed by atoms with Crippen molar-refractivity contribution in [1.82, 2.24) is 10.3 Å². The smallest absolute Gasteiger partial charge is 0.292 e. The lowest BCUT2D eigenvalue weighted by atomic mass is 10.1. The first kappa shape index (κ1) is 21.5. The summed E-state index contributed by atoms with van der Waals surface area (Å²) in [6, 6.07) is 11.0. The van der Waals surface area contributed by atoms with E-state index in [0.717, 1.165) is 0 Å². The number of Topliss-reactive ketones (excluding diaryl/α,β-unsaturated/α-hetero) is 1. The Morgan fingerprint density at radius 3 is 2.71 bits per heavy atom. The van der Waals surface area contributed by atoms with Gasteiger partial charge in [0.2, 0.25) is 5.91 Å². The normalized spacial score (nSPS) is 10.5. The molecule has 10 heteroatoms. The Balaban J connectivity index is 1.51. The van der Waals surface area contributed by atoms with E-state index in [1.807, 2.05) is 0 Å². The number of hydrogen-bond acceptors (Lipinski definition) is 6. The molecule has 2 amide bonds. The monoisotopic (exact) mass is 424 g/mol. The quantitative estimate of drug-likeness (QED) is 0.158. The van der Waals surface area contributed by atoms with Crippen molar-refractivity contribution in [1.29, 1.82) is 0 Å². The summed E-state index contributed by atoms with van der Waals surface area (Å²) < 4.78 is 5.58. The number of ether oxygens (including phenoxy) is 1. The highest BCUT2D eigenvalue weighted by molar-refractivity contribution is 6.45. The van der Waals surface area contributed by atoms with Crippen LogP contribution in [-0.4, -0.2) is 40.7 Å². The molecule has 10 nitrogen and oxygen atoms in total. The number of H-pyrrole nitrogens is 1. The van der Waals surface area contributed by atoms with E-state index in [1.54, 1.807) is 24.3 Å². The number of anilines is 1. The van der Waals surface area contributed by atoms with Crippen molar-refractivity contribution in [3.05, 3.63) is 64.3 Å². The molecule has 2 aromatic carbocycles. The van der Waals surface area contributed by atoms with Crippen LogP contribution in [0.5, 0.6) is 5.75 Å². The Kier molecular flexibility index (Phi) is 6.61. The van der Waals surface area contributed by atoms with Crippen molar-refractivity contribution >= 4 is 39.9 Å². The van der Waals surface area contributed by atoms with Gasteiger partial charge >= 0.3 is 0 Å². The average molecular weight is 424 g/mol. The van der Waals surface area contributed by atoms with Gasteiger partial charge in [0.15, 0.2) is 0 Å². The number of rotatable bonds is 9. The number of amides is 2. The number of benzene rings is 2. The van der Waals surface area contributed by atoms with Gasteiger partial charge in [0.1, 0.15) is 5.75 Å². The number of nitrogens with zero attached hydrogens (tertiary/aromatic N) is 1. The number of nitro groups is 1. The van der Waals surface area contributed by atoms with Crippen LogP contribution in [0.3, 0.4) is 0 Å². The third-order valence-electron chi connectivity index (χ3n) is 4.36. The molecule has 0 saturated heterocycles. The fourth-order valence-electron chi connectivity index (χ4n) is 2.94. The number of carbonyl (C=O) groups is 3.